The van der Waals surface area contributed by atoms with Crippen LogP contribution in [-0.2, 0) is 14.6 Å². The SMILES string of the molecule is [O]C[C@H]1O[C@@H](n2cnc3c(N[C@@H]4CCOC4)nc(Cl)nc32)[C@@H](F)[C@@H]1O. The predicted molar refractivity (Wildman–Crippen MR) is 83.5 cm³/mol. The number of imidazole rings is 1. The van der Waals surface area contributed by atoms with E-state index in [0.717, 1.165) is 6.42 Å². The standard InChI is InChI=1S/C14H16ClFN5O4/c15-14-19-11(18-6-1-2-24-4-6)9-12(20-14)21(5-17-9)13-8(16)10(23)7(3-22)25-13/h5-8,10,13,23H,1-4H2,(H,18,19,20)/t6-,7-,8+,10-,13-/m1/s1. The van der Waals surface area contributed by atoms with E-state index >= 15 is 0 Å². The van der Waals surface area contributed by atoms with E-state index in [2.05, 4.69) is 20.3 Å². The molecule has 11 heteroatoms. The number of halogens is 2. The summed E-state index contributed by atoms with van der Waals surface area (Å²) in [4.78, 5) is 12.5. The Kier molecular flexibility index (Phi) is 4.46. The van der Waals surface area contributed by atoms with Crippen LogP contribution in [0.1, 0.15) is 12.6 Å². The summed E-state index contributed by atoms with van der Waals surface area (Å²) in [5, 5.41) is 24.0. The topological polar surface area (TPSA) is 114 Å². The molecule has 1 radical (unpaired) electrons. The van der Waals surface area contributed by atoms with Crippen molar-refractivity contribution in [2.24, 2.45) is 0 Å². The lowest BCUT2D eigenvalue weighted by atomic mass is 10.1. The first-order chi connectivity index (χ1) is 12.1. The van der Waals surface area contributed by atoms with Gasteiger partial charge >= 0.3 is 0 Å². The summed E-state index contributed by atoms with van der Waals surface area (Å²) in [6.45, 7) is 0.455. The fourth-order valence-corrected chi connectivity index (χ4v) is 3.25. The molecular weight excluding hydrogens is 357 g/mol. The van der Waals surface area contributed by atoms with Gasteiger partial charge in [-0.2, -0.15) is 9.97 Å². The molecule has 2 N–H and O–H groups in total. The second kappa shape index (κ2) is 6.61. The number of aliphatic hydroxyl groups excluding tert-OH is 1. The highest BCUT2D eigenvalue weighted by atomic mass is 35.5. The fourth-order valence-electron chi connectivity index (χ4n) is 3.08. The number of nitrogens with zero attached hydrogens (tertiary/aromatic N) is 4. The van der Waals surface area contributed by atoms with Gasteiger partial charge in [-0.3, -0.25) is 4.57 Å². The van der Waals surface area contributed by atoms with E-state index in [-0.39, 0.29) is 17.0 Å². The highest BCUT2D eigenvalue weighted by Crippen LogP contribution is 2.34. The summed E-state index contributed by atoms with van der Waals surface area (Å²) in [5.41, 5.74) is 0.653. The number of aromatic nitrogens is 4. The van der Waals surface area contributed by atoms with Gasteiger partial charge in [0.2, 0.25) is 5.28 Å². The second-order valence-electron chi connectivity index (χ2n) is 6.04. The van der Waals surface area contributed by atoms with Crippen molar-refractivity contribution in [3.8, 4) is 0 Å². The van der Waals surface area contributed by atoms with Crippen LogP contribution >= 0.6 is 11.6 Å². The van der Waals surface area contributed by atoms with Gasteiger partial charge in [0.25, 0.3) is 0 Å². The molecule has 4 rings (SSSR count). The average molecular weight is 373 g/mol. The number of fused-ring (bicyclic) bond motifs is 1. The Labute approximate surface area is 146 Å². The number of hydrogen-bond donors (Lipinski definition) is 2. The molecule has 2 aliphatic heterocycles. The first-order valence-corrected chi connectivity index (χ1v) is 8.26. The summed E-state index contributed by atoms with van der Waals surface area (Å²) >= 11 is 6.00. The first-order valence-electron chi connectivity index (χ1n) is 7.88. The Morgan fingerprint density at radius 3 is 3.00 bits per heavy atom. The molecule has 2 aromatic heterocycles. The third kappa shape index (κ3) is 2.93. The maximum absolute atomic E-state index is 14.4. The zero-order valence-electron chi connectivity index (χ0n) is 13.0. The maximum Gasteiger partial charge on any atom is 0.226 e. The normalized spacial score (nSPS) is 32.6. The number of ether oxygens (including phenoxy) is 2. The largest absolute Gasteiger partial charge is 0.387 e. The molecule has 0 bridgehead atoms. The van der Waals surface area contributed by atoms with Gasteiger partial charge in [-0.25, -0.2) is 14.5 Å². The van der Waals surface area contributed by atoms with Crippen LogP contribution in [0.15, 0.2) is 6.33 Å². The maximum atomic E-state index is 14.4. The molecule has 25 heavy (non-hydrogen) atoms. The van der Waals surface area contributed by atoms with Crippen molar-refractivity contribution in [1.29, 1.82) is 0 Å². The molecular formula is C14H16ClFN5O4. The van der Waals surface area contributed by atoms with Crippen molar-refractivity contribution in [3.63, 3.8) is 0 Å². The molecule has 0 spiro atoms. The number of anilines is 1. The van der Waals surface area contributed by atoms with Gasteiger partial charge < -0.3 is 19.9 Å². The van der Waals surface area contributed by atoms with Crippen LogP contribution in [0, 0.1) is 0 Å². The van der Waals surface area contributed by atoms with Crippen molar-refractivity contribution in [2.45, 2.75) is 37.1 Å². The van der Waals surface area contributed by atoms with Crippen LogP contribution in [-0.4, -0.2) is 68.9 Å². The minimum absolute atomic E-state index is 0.0370. The Balaban J connectivity index is 1.70. The molecule has 4 heterocycles. The molecule has 0 unspecified atom stereocenters. The van der Waals surface area contributed by atoms with Crippen molar-refractivity contribution < 1.29 is 24.1 Å². The van der Waals surface area contributed by atoms with E-state index < -0.39 is 31.2 Å². The number of aliphatic hydroxyl groups is 1. The molecule has 2 aliphatic rings. The van der Waals surface area contributed by atoms with Gasteiger partial charge in [0.05, 0.1) is 19.0 Å². The van der Waals surface area contributed by atoms with E-state index in [0.29, 0.717) is 24.5 Å². The van der Waals surface area contributed by atoms with Crippen LogP contribution in [0.2, 0.25) is 5.28 Å². The summed E-state index contributed by atoms with van der Waals surface area (Å²) in [7, 11) is 0. The molecule has 2 aromatic rings. The molecule has 2 fully saturated rings. The van der Waals surface area contributed by atoms with Gasteiger partial charge in [-0.1, -0.05) is 0 Å². The van der Waals surface area contributed by atoms with Crippen LogP contribution in [0.3, 0.4) is 0 Å². The Morgan fingerprint density at radius 1 is 1.48 bits per heavy atom. The fraction of sp³-hybridized carbons (Fsp3) is 0.643. The molecule has 5 atom stereocenters. The van der Waals surface area contributed by atoms with E-state index in [1.807, 2.05) is 0 Å². The zero-order valence-corrected chi connectivity index (χ0v) is 13.8. The van der Waals surface area contributed by atoms with Crippen molar-refractivity contribution in [3.05, 3.63) is 11.6 Å². The number of hydrogen-bond acceptors (Lipinski definition) is 7. The first kappa shape index (κ1) is 16.9. The number of rotatable bonds is 4. The molecule has 2 saturated heterocycles. The van der Waals surface area contributed by atoms with Crippen molar-refractivity contribution in [2.75, 3.05) is 25.1 Å². The molecule has 0 aliphatic carbocycles. The third-order valence-electron chi connectivity index (χ3n) is 4.40. The van der Waals surface area contributed by atoms with Gasteiger partial charge in [-0.15, -0.1) is 0 Å². The number of nitrogens with one attached hydrogen (secondary N) is 1. The highest BCUT2D eigenvalue weighted by molar-refractivity contribution is 6.28. The smallest absolute Gasteiger partial charge is 0.226 e. The second-order valence-corrected chi connectivity index (χ2v) is 6.37. The van der Waals surface area contributed by atoms with E-state index in [4.69, 9.17) is 21.1 Å². The van der Waals surface area contributed by atoms with Gasteiger partial charge in [0, 0.05) is 6.61 Å². The molecule has 0 amide bonds. The lowest BCUT2D eigenvalue weighted by molar-refractivity contribution is -0.0593. The Bertz CT molecular complexity index is 771. The van der Waals surface area contributed by atoms with Crippen LogP contribution in [0.4, 0.5) is 10.2 Å². The number of alkyl halides is 1. The van der Waals surface area contributed by atoms with Crippen molar-refractivity contribution >= 4 is 28.6 Å². The average Bonchev–Trinajstić information content (AvgIpc) is 3.29. The molecule has 0 saturated carbocycles. The quantitative estimate of drug-likeness (QED) is 0.759. The highest BCUT2D eigenvalue weighted by Gasteiger charge is 2.45. The Hall–Kier alpha value is -1.59. The third-order valence-corrected chi connectivity index (χ3v) is 4.57. The summed E-state index contributed by atoms with van der Waals surface area (Å²) < 4.78 is 26.3. The zero-order chi connectivity index (χ0) is 17.6. The predicted octanol–water partition coefficient (Wildman–Crippen LogP) is 0.707. The van der Waals surface area contributed by atoms with Crippen LogP contribution in [0.25, 0.3) is 11.2 Å². The summed E-state index contributed by atoms with van der Waals surface area (Å²) in [6, 6.07) is 0.0719. The van der Waals surface area contributed by atoms with Gasteiger partial charge in [0.15, 0.2) is 29.4 Å². The van der Waals surface area contributed by atoms with Crippen LogP contribution < -0.4 is 5.32 Å². The van der Waals surface area contributed by atoms with Gasteiger partial charge in [0.1, 0.15) is 18.8 Å². The van der Waals surface area contributed by atoms with Crippen LogP contribution in [0.5, 0.6) is 0 Å². The summed E-state index contributed by atoms with van der Waals surface area (Å²) in [6.07, 6.45) is -3.44. The Morgan fingerprint density at radius 2 is 2.32 bits per heavy atom. The monoisotopic (exact) mass is 372 g/mol. The molecule has 135 valence electrons. The van der Waals surface area contributed by atoms with Crippen molar-refractivity contribution in [1.82, 2.24) is 19.5 Å². The van der Waals surface area contributed by atoms with Gasteiger partial charge in [-0.05, 0) is 18.0 Å². The van der Waals surface area contributed by atoms with E-state index in [9.17, 15) is 14.6 Å². The van der Waals surface area contributed by atoms with E-state index in [1.165, 1.54) is 10.9 Å². The summed E-state index contributed by atoms with van der Waals surface area (Å²) in [5.74, 6) is 0.415. The minimum atomic E-state index is -1.77. The van der Waals surface area contributed by atoms with E-state index in [1.54, 1.807) is 0 Å². The lowest BCUT2D eigenvalue weighted by Gasteiger charge is -2.16. The minimum Gasteiger partial charge on any atom is -0.387 e. The molecule has 9 nitrogen and oxygen atoms in total. The lowest BCUT2D eigenvalue weighted by Crippen LogP contribution is -2.30. The molecule has 0 aromatic carbocycles.